The number of hydrogen-bond acceptors (Lipinski definition) is 7. The van der Waals surface area contributed by atoms with Gasteiger partial charge < -0.3 is 4.74 Å². The van der Waals surface area contributed by atoms with Gasteiger partial charge in [0.15, 0.2) is 5.16 Å². The molecule has 0 N–H and O–H groups in total. The van der Waals surface area contributed by atoms with Gasteiger partial charge in [-0.25, -0.2) is 4.79 Å². The smallest absolute Gasteiger partial charge is 0.337 e. The average molecular weight is 426 g/mol. The van der Waals surface area contributed by atoms with Gasteiger partial charge in [-0.2, -0.15) is 0 Å². The first-order valence-corrected chi connectivity index (χ1v) is 10.1. The molecule has 0 aliphatic heterocycles. The van der Waals surface area contributed by atoms with E-state index in [0.29, 0.717) is 16.5 Å². The van der Waals surface area contributed by atoms with Crippen molar-refractivity contribution in [1.29, 1.82) is 0 Å². The van der Waals surface area contributed by atoms with E-state index in [9.17, 15) is 14.9 Å². The number of ether oxygens (including phenoxy) is 1. The minimum absolute atomic E-state index is 0.291. The number of benzene rings is 2. The van der Waals surface area contributed by atoms with Gasteiger partial charge >= 0.3 is 5.97 Å². The molecule has 9 heteroatoms. The van der Waals surface area contributed by atoms with Gasteiger partial charge in [0, 0.05) is 10.6 Å². The van der Waals surface area contributed by atoms with Crippen LogP contribution < -0.4 is 0 Å². The molecule has 1 heterocycles. The fourth-order valence-corrected chi connectivity index (χ4v) is 4.18. The van der Waals surface area contributed by atoms with Gasteiger partial charge in [-0.15, -0.1) is 10.2 Å². The Labute approximate surface area is 178 Å². The topological polar surface area (TPSA) is 100 Å². The van der Waals surface area contributed by atoms with Gasteiger partial charge in [0.1, 0.15) is 11.1 Å². The number of hydrogen-bond donors (Lipinski definition) is 0. The standard InChI is InChI=1S/C21H22N4O4S/c1-13-5-10-18(11-14(13)2)25-15(3)22-23-21(25)30-19(12-24(27)28)16-6-8-17(9-7-16)20(26)29-4/h5-11,19H,12H2,1-4H3/t19-/m1/s1. The fourth-order valence-electron chi connectivity index (χ4n) is 3.01. The van der Waals surface area contributed by atoms with Gasteiger partial charge in [0.05, 0.1) is 12.7 Å². The lowest BCUT2D eigenvalue weighted by Gasteiger charge is -2.15. The summed E-state index contributed by atoms with van der Waals surface area (Å²) >= 11 is 1.27. The van der Waals surface area contributed by atoms with Gasteiger partial charge in [-0.05, 0) is 61.7 Å². The van der Waals surface area contributed by atoms with Crippen LogP contribution in [0.2, 0.25) is 0 Å². The lowest BCUT2D eigenvalue weighted by molar-refractivity contribution is -0.479. The summed E-state index contributed by atoms with van der Waals surface area (Å²) in [5.74, 6) is 0.242. The first-order valence-electron chi connectivity index (χ1n) is 9.26. The highest BCUT2D eigenvalue weighted by Gasteiger charge is 2.24. The molecule has 156 valence electrons. The van der Waals surface area contributed by atoms with Crippen LogP contribution in [0.3, 0.4) is 0 Å². The van der Waals surface area contributed by atoms with Crippen LogP contribution in [0.25, 0.3) is 5.69 Å². The van der Waals surface area contributed by atoms with E-state index in [4.69, 9.17) is 4.74 Å². The van der Waals surface area contributed by atoms with Crippen molar-refractivity contribution in [3.05, 3.63) is 80.7 Å². The summed E-state index contributed by atoms with van der Waals surface area (Å²) in [7, 11) is 1.31. The Morgan fingerprint density at radius 2 is 1.83 bits per heavy atom. The Hall–Kier alpha value is -3.20. The first kappa shape index (κ1) is 21.5. The fraction of sp³-hybridized carbons (Fsp3) is 0.286. The van der Waals surface area contributed by atoms with E-state index in [2.05, 4.69) is 10.2 Å². The number of rotatable bonds is 7. The summed E-state index contributed by atoms with van der Waals surface area (Å²) in [5.41, 5.74) is 4.33. The summed E-state index contributed by atoms with van der Waals surface area (Å²) in [4.78, 5) is 22.6. The number of aromatic nitrogens is 3. The van der Waals surface area contributed by atoms with Gasteiger partial charge in [0.25, 0.3) is 0 Å². The second-order valence-electron chi connectivity index (χ2n) is 6.87. The molecule has 1 atom stereocenters. The summed E-state index contributed by atoms with van der Waals surface area (Å²) in [6.45, 7) is 5.63. The lowest BCUT2D eigenvalue weighted by atomic mass is 10.1. The summed E-state index contributed by atoms with van der Waals surface area (Å²) in [5, 5.41) is 19.8. The Morgan fingerprint density at radius 3 is 2.43 bits per heavy atom. The number of aryl methyl sites for hydroxylation is 3. The van der Waals surface area contributed by atoms with Crippen LogP contribution in [-0.4, -0.2) is 39.3 Å². The van der Waals surface area contributed by atoms with E-state index in [1.54, 1.807) is 24.3 Å². The van der Waals surface area contributed by atoms with Gasteiger partial charge in [-0.1, -0.05) is 30.0 Å². The molecule has 0 unspecified atom stereocenters. The Balaban J connectivity index is 1.95. The molecule has 0 amide bonds. The third kappa shape index (κ3) is 4.68. The number of carbonyl (C=O) groups excluding carboxylic acids is 1. The van der Waals surface area contributed by atoms with Crippen molar-refractivity contribution < 1.29 is 14.5 Å². The minimum Gasteiger partial charge on any atom is -0.465 e. The third-order valence-electron chi connectivity index (χ3n) is 4.81. The maximum absolute atomic E-state index is 11.7. The third-order valence-corrected chi connectivity index (χ3v) is 5.99. The van der Waals surface area contributed by atoms with Crippen molar-refractivity contribution in [3.8, 4) is 5.69 Å². The second-order valence-corrected chi connectivity index (χ2v) is 8.04. The molecule has 3 aromatic rings. The number of esters is 1. The predicted molar refractivity (Wildman–Crippen MR) is 114 cm³/mol. The monoisotopic (exact) mass is 426 g/mol. The first-order chi connectivity index (χ1) is 14.3. The molecule has 2 aromatic carbocycles. The van der Waals surface area contributed by atoms with Crippen LogP contribution in [0, 0.1) is 30.9 Å². The Morgan fingerprint density at radius 1 is 1.13 bits per heavy atom. The molecule has 0 bridgehead atoms. The van der Waals surface area contributed by atoms with Crippen molar-refractivity contribution in [2.24, 2.45) is 0 Å². The highest BCUT2D eigenvalue weighted by molar-refractivity contribution is 7.99. The van der Waals surface area contributed by atoms with E-state index in [1.807, 2.05) is 43.5 Å². The van der Waals surface area contributed by atoms with E-state index in [-0.39, 0.29) is 11.5 Å². The van der Waals surface area contributed by atoms with Crippen molar-refractivity contribution in [2.45, 2.75) is 31.2 Å². The molecule has 0 spiro atoms. The zero-order valence-corrected chi connectivity index (χ0v) is 18.0. The van der Waals surface area contributed by atoms with Gasteiger partial charge in [0.2, 0.25) is 6.54 Å². The molecule has 0 saturated heterocycles. The normalized spacial score (nSPS) is 11.9. The van der Waals surface area contributed by atoms with Crippen LogP contribution >= 0.6 is 11.8 Å². The van der Waals surface area contributed by atoms with Crippen molar-refractivity contribution >= 4 is 17.7 Å². The van der Waals surface area contributed by atoms with Gasteiger partial charge in [-0.3, -0.25) is 14.7 Å². The van der Waals surface area contributed by atoms with Crippen molar-refractivity contribution in [2.75, 3.05) is 13.7 Å². The number of nitro groups is 1. The number of thioether (sulfide) groups is 1. The Bertz CT molecular complexity index is 1080. The molecule has 30 heavy (non-hydrogen) atoms. The molecule has 0 saturated carbocycles. The van der Waals surface area contributed by atoms with Crippen molar-refractivity contribution in [3.63, 3.8) is 0 Å². The molecule has 0 aliphatic carbocycles. The second kappa shape index (κ2) is 9.08. The molecule has 8 nitrogen and oxygen atoms in total. The highest BCUT2D eigenvalue weighted by Crippen LogP contribution is 2.36. The largest absolute Gasteiger partial charge is 0.465 e. The zero-order valence-electron chi connectivity index (χ0n) is 17.2. The summed E-state index contributed by atoms with van der Waals surface area (Å²) in [6, 6.07) is 12.7. The minimum atomic E-state index is -0.499. The van der Waals surface area contributed by atoms with E-state index in [1.165, 1.54) is 24.4 Å². The van der Waals surface area contributed by atoms with Crippen LogP contribution in [0.15, 0.2) is 47.6 Å². The van der Waals surface area contributed by atoms with Crippen LogP contribution in [0.4, 0.5) is 0 Å². The van der Waals surface area contributed by atoms with Crippen LogP contribution in [0.5, 0.6) is 0 Å². The number of nitrogens with zero attached hydrogens (tertiary/aromatic N) is 4. The average Bonchev–Trinajstić information content (AvgIpc) is 3.09. The van der Waals surface area contributed by atoms with E-state index >= 15 is 0 Å². The maximum atomic E-state index is 11.7. The summed E-state index contributed by atoms with van der Waals surface area (Å²) in [6.07, 6.45) is 0. The van der Waals surface area contributed by atoms with E-state index in [0.717, 1.165) is 16.8 Å². The van der Waals surface area contributed by atoms with Crippen molar-refractivity contribution in [1.82, 2.24) is 14.8 Å². The summed E-state index contributed by atoms with van der Waals surface area (Å²) < 4.78 is 6.60. The lowest BCUT2D eigenvalue weighted by Crippen LogP contribution is -2.11. The number of carbonyl (C=O) groups is 1. The SMILES string of the molecule is COC(=O)c1ccc([C@@H](C[N+](=O)[O-])Sc2nnc(C)n2-c2ccc(C)c(C)c2)cc1. The molecule has 1 aromatic heterocycles. The van der Waals surface area contributed by atoms with Crippen LogP contribution in [-0.2, 0) is 4.74 Å². The maximum Gasteiger partial charge on any atom is 0.337 e. The highest BCUT2D eigenvalue weighted by atomic mass is 32.2. The molecular weight excluding hydrogens is 404 g/mol. The number of methoxy groups -OCH3 is 1. The quantitative estimate of drug-likeness (QED) is 0.243. The van der Waals surface area contributed by atoms with Crippen LogP contribution in [0.1, 0.15) is 38.1 Å². The molecular formula is C21H22N4O4S. The Kier molecular flexibility index (Phi) is 6.51. The zero-order chi connectivity index (χ0) is 21.8. The van der Waals surface area contributed by atoms with E-state index < -0.39 is 11.2 Å². The predicted octanol–water partition coefficient (Wildman–Crippen LogP) is 4.09. The molecule has 0 radical (unpaired) electrons. The molecule has 0 fully saturated rings. The molecule has 3 rings (SSSR count). The molecule has 0 aliphatic rings.